The first-order valence-electron chi connectivity index (χ1n) is 6.90. The van der Waals surface area contributed by atoms with E-state index in [1.54, 1.807) is 0 Å². The van der Waals surface area contributed by atoms with E-state index in [-0.39, 0.29) is 13.4 Å². The zero-order chi connectivity index (χ0) is 14.9. The van der Waals surface area contributed by atoms with E-state index in [0.717, 1.165) is 28.1 Å². The highest BCUT2D eigenvalue weighted by molar-refractivity contribution is 5.69. The van der Waals surface area contributed by atoms with Crippen LogP contribution < -0.4 is 9.47 Å². The fraction of sp³-hybridized carbons (Fsp3) is 0.118. The van der Waals surface area contributed by atoms with Crippen molar-refractivity contribution in [3.63, 3.8) is 0 Å². The van der Waals surface area contributed by atoms with Gasteiger partial charge in [0.15, 0.2) is 17.3 Å². The third kappa shape index (κ3) is 2.21. The SMILES string of the molecule is OCc1ccc(-c2cc(-c3ccc4c(c3)OCO4)no2)cc1. The average molecular weight is 295 g/mol. The molecule has 0 amide bonds. The maximum atomic E-state index is 9.07. The van der Waals surface area contributed by atoms with Crippen LogP contribution in [0.1, 0.15) is 5.56 Å². The van der Waals surface area contributed by atoms with Gasteiger partial charge in [-0.05, 0) is 23.8 Å². The first-order chi connectivity index (χ1) is 10.8. The lowest BCUT2D eigenvalue weighted by Gasteiger charge is -1.98. The summed E-state index contributed by atoms with van der Waals surface area (Å²) in [5.41, 5.74) is 3.42. The molecule has 0 radical (unpaired) electrons. The van der Waals surface area contributed by atoms with Crippen LogP contribution in [-0.4, -0.2) is 17.1 Å². The van der Waals surface area contributed by atoms with E-state index in [0.29, 0.717) is 11.5 Å². The van der Waals surface area contributed by atoms with E-state index in [1.807, 2.05) is 48.5 Å². The molecule has 5 nitrogen and oxygen atoms in total. The molecule has 2 aromatic carbocycles. The number of aromatic nitrogens is 1. The highest BCUT2D eigenvalue weighted by Gasteiger charge is 2.16. The molecule has 5 heteroatoms. The lowest BCUT2D eigenvalue weighted by atomic mass is 10.1. The zero-order valence-electron chi connectivity index (χ0n) is 11.7. The van der Waals surface area contributed by atoms with Crippen molar-refractivity contribution in [2.24, 2.45) is 0 Å². The Kier molecular flexibility index (Phi) is 3.05. The Hall–Kier alpha value is -2.79. The van der Waals surface area contributed by atoms with Gasteiger partial charge in [-0.25, -0.2) is 0 Å². The van der Waals surface area contributed by atoms with Crippen molar-refractivity contribution >= 4 is 0 Å². The van der Waals surface area contributed by atoms with Crippen LogP contribution in [-0.2, 0) is 6.61 Å². The Morgan fingerprint density at radius 1 is 0.909 bits per heavy atom. The largest absolute Gasteiger partial charge is 0.454 e. The van der Waals surface area contributed by atoms with Crippen molar-refractivity contribution in [3.05, 3.63) is 54.1 Å². The molecule has 0 unspecified atom stereocenters. The number of benzene rings is 2. The average Bonchev–Trinajstić information content (AvgIpc) is 3.23. The third-order valence-corrected chi connectivity index (χ3v) is 3.60. The second kappa shape index (κ2) is 5.20. The first kappa shape index (κ1) is 12.9. The van der Waals surface area contributed by atoms with Crippen molar-refractivity contribution in [2.75, 3.05) is 6.79 Å². The van der Waals surface area contributed by atoms with Gasteiger partial charge < -0.3 is 19.1 Å². The van der Waals surface area contributed by atoms with Crippen molar-refractivity contribution in [1.29, 1.82) is 0 Å². The van der Waals surface area contributed by atoms with Gasteiger partial charge in [-0.2, -0.15) is 0 Å². The number of hydrogen-bond acceptors (Lipinski definition) is 5. The number of hydrogen-bond donors (Lipinski definition) is 1. The molecule has 0 saturated heterocycles. The van der Waals surface area contributed by atoms with Crippen molar-refractivity contribution < 1.29 is 19.1 Å². The Bertz CT molecular complexity index is 808. The number of fused-ring (bicyclic) bond motifs is 1. The minimum absolute atomic E-state index is 0.0269. The van der Waals surface area contributed by atoms with Gasteiger partial charge in [0.05, 0.1) is 6.61 Å². The van der Waals surface area contributed by atoms with Gasteiger partial charge in [0.1, 0.15) is 5.69 Å². The van der Waals surface area contributed by atoms with Crippen molar-refractivity contribution in [3.8, 4) is 34.1 Å². The fourth-order valence-corrected chi connectivity index (χ4v) is 2.38. The topological polar surface area (TPSA) is 64.7 Å². The van der Waals surface area contributed by atoms with Crippen LogP contribution in [0.2, 0.25) is 0 Å². The number of aliphatic hydroxyl groups is 1. The van der Waals surface area contributed by atoms with Crippen LogP contribution in [0.5, 0.6) is 11.5 Å². The molecule has 1 aliphatic heterocycles. The van der Waals surface area contributed by atoms with E-state index >= 15 is 0 Å². The number of ether oxygens (including phenoxy) is 2. The molecule has 1 N–H and O–H groups in total. The van der Waals surface area contributed by atoms with E-state index in [9.17, 15) is 0 Å². The molecule has 22 heavy (non-hydrogen) atoms. The molecule has 2 heterocycles. The maximum Gasteiger partial charge on any atom is 0.231 e. The molecule has 0 fully saturated rings. The molecular formula is C17H13NO4. The molecule has 1 aliphatic rings. The lowest BCUT2D eigenvalue weighted by Crippen LogP contribution is -1.92. The number of aliphatic hydroxyl groups excluding tert-OH is 1. The van der Waals surface area contributed by atoms with Crippen LogP contribution in [0, 0.1) is 0 Å². The van der Waals surface area contributed by atoms with Gasteiger partial charge in [0, 0.05) is 17.2 Å². The van der Waals surface area contributed by atoms with Gasteiger partial charge in [0.25, 0.3) is 0 Å². The highest BCUT2D eigenvalue weighted by Crippen LogP contribution is 2.36. The van der Waals surface area contributed by atoms with E-state index in [2.05, 4.69) is 5.16 Å². The summed E-state index contributed by atoms with van der Waals surface area (Å²) in [5.74, 6) is 2.14. The van der Waals surface area contributed by atoms with Crippen molar-refractivity contribution in [2.45, 2.75) is 6.61 Å². The van der Waals surface area contributed by atoms with Gasteiger partial charge in [-0.3, -0.25) is 0 Å². The molecule has 0 atom stereocenters. The molecular weight excluding hydrogens is 282 g/mol. The Morgan fingerprint density at radius 3 is 2.50 bits per heavy atom. The molecule has 0 saturated carbocycles. The molecule has 0 aliphatic carbocycles. The summed E-state index contributed by atoms with van der Waals surface area (Å²) in [6.07, 6.45) is 0. The molecule has 0 bridgehead atoms. The smallest absolute Gasteiger partial charge is 0.231 e. The summed E-state index contributed by atoms with van der Waals surface area (Å²) in [7, 11) is 0. The Morgan fingerprint density at radius 2 is 1.68 bits per heavy atom. The number of nitrogens with zero attached hydrogens (tertiary/aromatic N) is 1. The summed E-state index contributed by atoms with van der Waals surface area (Å²) in [6.45, 7) is 0.277. The monoisotopic (exact) mass is 295 g/mol. The van der Waals surface area contributed by atoms with E-state index < -0.39 is 0 Å². The fourth-order valence-electron chi connectivity index (χ4n) is 2.38. The maximum absolute atomic E-state index is 9.07. The van der Waals surface area contributed by atoms with E-state index in [1.165, 1.54) is 0 Å². The second-order valence-corrected chi connectivity index (χ2v) is 5.00. The van der Waals surface area contributed by atoms with Crippen LogP contribution in [0.3, 0.4) is 0 Å². The van der Waals surface area contributed by atoms with Crippen LogP contribution in [0.4, 0.5) is 0 Å². The molecule has 0 spiro atoms. The Labute approximate surface area is 126 Å². The van der Waals surface area contributed by atoms with E-state index in [4.69, 9.17) is 19.1 Å². The van der Waals surface area contributed by atoms with Gasteiger partial charge >= 0.3 is 0 Å². The van der Waals surface area contributed by atoms with Crippen LogP contribution in [0.25, 0.3) is 22.6 Å². The summed E-state index contributed by atoms with van der Waals surface area (Å²) in [4.78, 5) is 0. The summed E-state index contributed by atoms with van der Waals surface area (Å²) in [5, 5.41) is 13.2. The Balaban J connectivity index is 1.65. The predicted molar refractivity (Wildman–Crippen MR) is 79.4 cm³/mol. The first-order valence-corrected chi connectivity index (χ1v) is 6.90. The predicted octanol–water partition coefficient (Wildman–Crippen LogP) is 3.23. The van der Waals surface area contributed by atoms with Gasteiger partial charge in [0.2, 0.25) is 6.79 Å². The summed E-state index contributed by atoms with van der Waals surface area (Å²) >= 11 is 0. The van der Waals surface area contributed by atoms with Crippen LogP contribution in [0.15, 0.2) is 53.1 Å². The summed E-state index contributed by atoms with van der Waals surface area (Å²) in [6, 6.07) is 15.1. The van der Waals surface area contributed by atoms with Gasteiger partial charge in [-0.1, -0.05) is 29.4 Å². The second-order valence-electron chi connectivity index (χ2n) is 5.00. The highest BCUT2D eigenvalue weighted by atomic mass is 16.7. The van der Waals surface area contributed by atoms with Crippen LogP contribution >= 0.6 is 0 Å². The molecule has 4 rings (SSSR count). The normalized spacial score (nSPS) is 12.6. The van der Waals surface area contributed by atoms with Gasteiger partial charge in [-0.15, -0.1) is 0 Å². The number of rotatable bonds is 3. The van der Waals surface area contributed by atoms with Crippen molar-refractivity contribution in [1.82, 2.24) is 5.16 Å². The summed E-state index contributed by atoms with van der Waals surface area (Å²) < 4.78 is 16.1. The minimum Gasteiger partial charge on any atom is -0.454 e. The zero-order valence-corrected chi connectivity index (χ0v) is 11.7. The third-order valence-electron chi connectivity index (χ3n) is 3.60. The lowest BCUT2D eigenvalue weighted by molar-refractivity contribution is 0.174. The molecule has 3 aromatic rings. The minimum atomic E-state index is 0.0269. The molecule has 110 valence electrons. The standard InChI is InChI=1S/C17H13NO4/c19-9-11-1-3-12(4-2-11)16-8-14(18-22-16)13-5-6-15-17(7-13)21-10-20-15/h1-8,19H,9-10H2. The quantitative estimate of drug-likeness (QED) is 0.803. The molecule has 1 aromatic heterocycles.